The van der Waals surface area contributed by atoms with Gasteiger partial charge in [0, 0.05) is 36.2 Å². The van der Waals surface area contributed by atoms with E-state index >= 15 is 0 Å². The van der Waals surface area contributed by atoms with Crippen LogP contribution in [-0.4, -0.2) is 40.5 Å². The van der Waals surface area contributed by atoms with Crippen molar-refractivity contribution in [3.63, 3.8) is 0 Å². The van der Waals surface area contributed by atoms with Gasteiger partial charge in [-0.25, -0.2) is 9.97 Å². The lowest BCUT2D eigenvalue weighted by Crippen LogP contribution is -2.36. The molecule has 7 nitrogen and oxygen atoms in total. The molecular formula is C22H22N6OS. The maximum atomic E-state index is 13.1. The molecule has 3 N–H and O–H groups in total. The first kappa shape index (κ1) is 18.9. The van der Waals surface area contributed by atoms with E-state index in [1.807, 2.05) is 23.6 Å². The van der Waals surface area contributed by atoms with Gasteiger partial charge in [0.2, 0.25) is 0 Å². The lowest BCUT2D eigenvalue weighted by atomic mass is 9.96. The molecule has 4 aromatic rings. The number of anilines is 2. The van der Waals surface area contributed by atoms with Crippen molar-refractivity contribution in [1.82, 2.24) is 15.0 Å². The number of carbonyl (C=O) groups is 1. The Labute approximate surface area is 178 Å². The van der Waals surface area contributed by atoms with E-state index < -0.39 is 0 Å². The van der Waals surface area contributed by atoms with E-state index in [0.717, 1.165) is 59.5 Å². The highest BCUT2D eigenvalue weighted by molar-refractivity contribution is 7.17. The second kappa shape index (κ2) is 7.97. The number of piperidine rings is 1. The molecule has 0 atom stereocenters. The Bertz CT molecular complexity index is 1210. The number of nitrogens with two attached hydrogens (primary N) is 1. The molecule has 1 aliphatic rings. The predicted octanol–water partition coefficient (Wildman–Crippen LogP) is 3.67. The van der Waals surface area contributed by atoms with E-state index in [1.54, 1.807) is 12.4 Å². The van der Waals surface area contributed by atoms with E-state index in [0.29, 0.717) is 17.0 Å². The number of fused-ring (bicyclic) bond motifs is 2. The summed E-state index contributed by atoms with van der Waals surface area (Å²) < 4.78 is 0.898. The van der Waals surface area contributed by atoms with Gasteiger partial charge in [-0.2, -0.15) is 0 Å². The van der Waals surface area contributed by atoms with Gasteiger partial charge in [0.1, 0.15) is 6.33 Å². The molecule has 8 heteroatoms. The molecule has 0 radical (unpaired) electrons. The lowest BCUT2D eigenvalue weighted by Gasteiger charge is -2.34. The minimum atomic E-state index is -0.165. The molecule has 30 heavy (non-hydrogen) atoms. The van der Waals surface area contributed by atoms with E-state index in [-0.39, 0.29) is 5.91 Å². The maximum Gasteiger partial charge on any atom is 0.258 e. The standard InChI is InChI=1S/C22H22N6OS/c23-10-14-3-6-28(7-4-14)19-9-17-15(2-1-5-25-17)8-18(19)27-22(29)16-12-30-20-11-24-13-26-21(16)20/h1-2,5,8-9,11-14H,3-4,6-7,10,23H2,(H,27,29). The summed E-state index contributed by atoms with van der Waals surface area (Å²) in [5, 5.41) is 5.96. The molecule has 5 rings (SSSR count). The van der Waals surface area contributed by atoms with Crippen LogP contribution in [0.3, 0.4) is 0 Å². The van der Waals surface area contributed by atoms with Crippen LogP contribution in [0.25, 0.3) is 21.1 Å². The Morgan fingerprint density at radius 2 is 2.13 bits per heavy atom. The van der Waals surface area contributed by atoms with E-state index in [2.05, 4.69) is 31.2 Å². The Balaban J connectivity index is 1.51. The number of benzene rings is 1. The first-order valence-corrected chi connectivity index (χ1v) is 10.9. The van der Waals surface area contributed by atoms with Gasteiger partial charge in [0.25, 0.3) is 5.91 Å². The Kier molecular flexibility index (Phi) is 5.02. The zero-order valence-corrected chi connectivity index (χ0v) is 17.2. The summed E-state index contributed by atoms with van der Waals surface area (Å²) in [6.45, 7) is 2.55. The van der Waals surface area contributed by atoms with Crippen molar-refractivity contribution in [3.05, 3.63) is 53.9 Å². The number of carbonyl (C=O) groups excluding carboxylic acids is 1. The highest BCUT2D eigenvalue weighted by atomic mass is 32.1. The molecule has 3 aromatic heterocycles. The summed E-state index contributed by atoms with van der Waals surface area (Å²) >= 11 is 1.47. The summed E-state index contributed by atoms with van der Waals surface area (Å²) in [6, 6.07) is 8.00. The molecule has 152 valence electrons. The molecule has 0 aliphatic carbocycles. The zero-order valence-electron chi connectivity index (χ0n) is 16.4. The van der Waals surface area contributed by atoms with Gasteiger partial charge in [-0.1, -0.05) is 6.07 Å². The minimum Gasteiger partial charge on any atom is -0.370 e. The normalized spacial score (nSPS) is 15.0. The number of amides is 1. The number of rotatable bonds is 4. The highest BCUT2D eigenvalue weighted by Gasteiger charge is 2.22. The van der Waals surface area contributed by atoms with Crippen LogP contribution in [0.4, 0.5) is 11.4 Å². The quantitative estimate of drug-likeness (QED) is 0.525. The number of hydrogen-bond acceptors (Lipinski definition) is 7. The minimum absolute atomic E-state index is 0.165. The number of nitrogens with zero attached hydrogens (tertiary/aromatic N) is 4. The lowest BCUT2D eigenvalue weighted by molar-refractivity contribution is 0.102. The van der Waals surface area contributed by atoms with Crippen molar-refractivity contribution in [1.29, 1.82) is 0 Å². The Hall–Kier alpha value is -3.10. The number of aromatic nitrogens is 3. The smallest absolute Gasteiger partial charge is 0.258 e. The van der Waals surface area contributed by atoms with Gasteiger partial charge in [-0.05, 0) is 43.5 Å². The highest BCUT2D eigenvalue weighted by Crippen LogP contribution is 2.34. The fourth-order valence-corrected chi connectivity index (χ4v) is 4.87. The predicted molar refractivity (Wildman–Crippen MR) is 121 cm³/mol. The monoisotopic (exact) mass is 418 g/mol. The SMILES string of the molecule is NCC1CCN(c2cc3ncccc3cc2NC(=O)c2csc3cncnc23)CC1. The second-order valence-electron chi connectivity index (χ2n) is 7.57. The average Bonchev–Trinajstić information content (AvgIpc) is 3.23. The van der Waals surface area contributed by atoms with Gasteiger partial charge in [0.15, 0.2) is 0 Å². The number of pyridine rings is 1. The first-order chi connectivity index (χ1) is 14.7. The third-order valence-corrected chi connectivity index (χ3v) is 6.65. The van der Waals surface area contributed by atoms with E-state index in [1.165, 1.54) is 17.7 Å². The number of hydrogen-bond donors (Lipinski definition) is 2. The first-order valence-electron chi connectivity index (χ1n) is 10.1. The van der Waals surface area contributed by atoms with Crippen LogP contribution in [0.1, 0.15) is 23.2 Å². The topological polar surface area (TPSA) is 97.0 Å². The molecule has 1 fully saturated rings. The summed E-state index contributed by atoms with van der Waals surface area (Å²) in [7, 11) is 0. The van der Waals surface area contributed by atoms with Crippen LogP contribution in [0.15, 0.2) is 48.4 Å². The van der Waals surface area contributed by atoms with Crippen LogP contribution < -0.4 is 16.0 Å². The summed E-state index contributed by atoms with van der Waals surface area (Å²) in [5.41, 5.74) is 9.82. The van der Waals surface area contributed by atoms with Gasteiger partial charge in [-0.3, -0.25) is 9.78 Å². The molecule has 0 saturated carbocycles. The molecule has 0 spiro atoms. The van der Waals surface area contributed by atoms with Crippen molar-refractivity contribution in [3.8, 4) is 0 Å². The van der Waals surface area contributed by atoms with Crippen molar-refractivity contribution in [2.24, 2.45) is 11.7 Å². The zero-order chi connectivity index (χ0) is 20.5. The molecule has 1 amide bonds. The number of thiophene rings is 1. The van der Waals surface area contributed by atoms with Crippen LogP contribution in [0.5, 0.6) is 0 Å². The van der Waals surface area contributed by atoms with Crippen LogP contribution in [-0.2, 0) is 0 Å². The van der Waals surface area contributed by atoms with E-state index in [9.17, 15) is 4.79 Å². The third kappa shape index (κ3) is 3.48. The third-order valence-electron chi connectivity index (χ3n) is 5.74. The fourth-order valence-electron chi connectivity index (χ4n) is 4.01. The summed E-state index contributed by atoms with van der Waals surface area (Å²) in [6.07, 6.45) is 7.10. The van der Waals surface area contributed by atoms with Crippen molar-refractivity contribution >= 4 is 49.7 Å². The molecule has 1 saturated heterocycles. The van der Waals surface area contributed by atoms with Gasteiger partial charge in [0.05, 0.1) is 32.7 Å². The average molecular weight is 419 g/mol. The molecule has 0 bridgehead atoms. The molecule has 0 unspecified atom stereocenters. The number of nitrogens with one attached hydrogen (secondary N) is 1. The summed E-state index contributed by atoms with van der Waals surface area (Å²) in [4.78, 5) is 28.3. The van der Waals surface area contributed by atoms with Crippen LogP contribution >= 0.6 is 11.3 Å². The van der Waals surface area contributed by atoms with Crippen LogP contribution in [0.2, 0.25) is 0 Å². The molecule has 1 aliphatic heterocycles. The van der Waals surface area contributed by atoms with Crippen molar-refractivity contribution in [2.45, 2.75) is 12.8 Å². The molecule has 4 heterocycles. The van der Waals surface area contributed by atoms with Gasteiger partial charge >= 0.3 is 0 Å². The van der Waals surface area contributed by atoms with Crippen LogP contribution in [0, 0.1) is 5.92 Å². The molecule has 1 aromatic carbocycles. The Morgan fingerprint density at radius 1 is 1.27 bits per heavy atom. The van der Waals surface area contributed by atoms with Gasteiger partial charge < -0.3 is 16.0 Å². The largest absolute Gasteiger partial charge is 0.370 e. The van der Waals surface area contributed by atoms with Gasteiger partial charge in [-0.15, -0.1) is 11.3 Å². The Morgan fingerprint density at radius 3 is 2.97 bits per heavy atom. The summed E-state index contributed by atoms with van der Waals surface area (Å²) in [5.74, 6) is 0.399. The van der Waals surface area contributed by atoms with Crippen molar-refractivity contribution < 1.29 is 4.79 Å². The fraction of sp³-hybridized carbons (Fsp3) is 0.273. The second-order valence-corrected chi connectivity index (χ2v) is 8.48. The molecular weight excluding hydrogens is 396 g/mol. The maximum absolute atomic E-state index is 13.1. The van der Waals surface area contributed by atoms with E-state index in [4.69, 9.17) is 5.73 Å². The van der Waals surface area contributed by atoms with Crippen molar-refractivity contribution in [2.75, 3.05) is 29.9 Å².